The van der Waals surface area contributed by atoms with Crippen LogP contribution >= 0.6 is 0 Å². The first-order chi connectivity index (χ1) is 8.15. The van der Waals surface area contributed by atoms with Gasteiger partial charge < -0.3 is 15.8 Å². The molecule has 0 saturated carbocycles. The van der Waals surface area contributed by atoms with Crippen LogP contribution in [0, 0.1) is 12.8 Å². The fourth-order valence-corrected chi connectivity index (χ4v) is 2.49. The van der Waals surface area contributed by atoms with E-state index in [9.17, 15) is 0 Å². The number of nitrogens with two attached hydrogens (primary N) is 1. The summed E-state index contributed by atoms with van der Waals surface area (Å²) < 4.78 is 5.39. The van der Waals surface area contributed by atoms with Crippen LogP contribution in [0.2, 0.25) is 0 Å². The van der Waals surface area contributed by atoms with Crippen molar-refractivity contribution in [3.05, 3.63) is 23.8 Å². The zero-order valence-electron chi connectivity index (χ0n) is 10.7. The molecule has 0 radical (unpaired) electrons. The second-order valence-corrected chi connectivity index (χ2v) is 5.02. The number of benzene rings is 1. The molecule has 1 heterocycles. The summed E-state index contributed by atoms with van der Waals surface area (Å²) in [7, 11) is 0. The van der Waals surface area contributed by atoms with E-state index in [1.165, 1.54) is 5.56 Å². The number of nitrogens with one attached hydrogen (secondary N) is 1. The van der Waals surface area contributed by atoms with Crippen molar-refractivity contribution < 1.29 is 4.74 Å². The molecule has 0 aromatic heterocycles. The number of hydrogen-bond donors (Lipinski definition) is 2. The van der Waals surface area contributed by atoms with E-state index in [-0.39, 0.29) is 0 Å². The van der Waals surface area contributed by atoms with Crippen LogP contribution in [0.1, 0.15) is 25.3 Å². The first-order valence-corrected chi connectivity index (χ1v) is 6.36. The van der Waals surface area contributed by atoms with Gasteiger partial charge in [0.1, 0.15) is 0 Å². The van der Waals surface area contributed by atoms with E-state index in [0.29, 0.717) is 12.0 Å². The predicted octanol–water partition coefficient (Wildman–Crippen LogP) is 2.80. The molecule has 1 atom stereocenters. The van der Waals surface area contributed by atoms with Gasteiger partial charge in [-0.1, -0.05) is 0 Å². The highest BCUT2D eigenvalue weighted by Gasteiger charge is 2.20. The minimum Gasteiger partial charge on any atom is -0.399 e. The quantitative estimate of drug-likeness (QED) is 0.791. The topological polar surface area (TPSA) is 47.3 Å². The number of aryl methyl sites for hydroxylation is 1. The van der Waals surface area contributed by atoms with Crippen LogP contribution in [0.3, 0.4) is 0 Å². The molecule has 1 saturated heterocycles. The Labute approximate surface area is 103 Å². The van der Waals surface area contributed by atoms with Gasteiger partial charge in [-0.2, -0.15) is 0 Å². The maximum atomic E-state index is 5.85. The Balaban J connectivity index is 1.99. The molecule has 1 aliphatic heterocycles. The van der Waals surface area contributed by atoms with Crippen molar-refractivity contribution in [1.29, 1.82) is 0 Å². The lowest BCUT2D eigenvalue weighted by molar-refractivity contribution is 0.0622. The maximum Gasteiger partial charge on any atom is 0.0469 e. The molecule has 3 nitrogen and oxygen atoms in total. The summed E-state index contributed by atoms with van der Waals surface area (Å²) in [6.45, 7) is 6.11. The molecular formula is C14H22N2O. The molecule has 3 N–H and O–H groups in total. The zero-order valence-corrected chi connectivity index (χ0v) is 10.7. The summed E-state index contributed by atoms with van der Waals surface area (Å²) in [6, 6.07) is 6.61. The Morgan fingerprint density at radius 3 is 2.65 bits per heavy atom. The summed E-state index contributed by atoms with van der Waals surface area (Å²) in [5.74, 6) is 0.700. The largest absolute Gasteiger partial charge is 0.399 e. The summed E-state index contributed by atoms with van der Waals surface area (Å²) in [6.07, 6.45) is 2.30. The smallest absolute Gasteiger partial charge is 0.0469 e. The van der Waals surface area contributed by atoms with E-state index in [4.69, 9.17) is 10.5 Å². The number of ether oxygens (including phenoxy) is 1. The van der Waals surface area contributed by atoms with E-state index in [2.05, 4.69) is 25.2 Å². The number of anilines is 2. The lowest BCUT2D eigenvalue weighted by Crippen LogP contribution is -2.30. The average molecular weight is 234 g/mol. The summed E-state index contributed by atoms with van der Waals surface area (Å²) >= 11 is 0. The van der Waals surface area contributed by atoms with E-state index >= 15 is 0 Å². The molecular weight excluding hydrogens is 212 g/mol. The SMILES string of the molecule is Cc1cc(N)cc(NC(C)C2CCOCC2)c1. The minimum absolute atomic E-state index is 0.472. The van der Waals surface area contributed by atoms with Crippen molar-refractivity contribution in [3.63, 3.8) is 0 Å². The van der Waals surface area contributed by atoms with Crippen LogP contribution < -0.4 is 11.1 Å². The maximum absolute atomic E-state index is 5.85. The molecule has 0 bridgehead atoms. The Morgan fingerprint density at radius 2 is 2.00 bits per heavy atom. The highest BCUT2D eigenvalue weighted by Crippen LogP contribution is 2.23. The van der Waals surface area contributed by atoms with Gasteiger partial charge in [0, 0.05) is 30.6 Å². The summed E-state index contributed by atoms with van der Waals surface area (Å²) in [5, 5.41) is 3.56. The van der Waals surface area contributed by atoms with Gasteiger partial charge in [-0.3, -0.25) is 0 Å². The Kier molecular flexibility index (Phi) is 3.89. The molecule has 17 heavy (non-hydrogen) atoms. The van der Waals surface area contributed by atoms with Crippen LogP contribution in [0.15, 0.2) is 18.2 Å². The standard InChI is InChI=1S/C14H22N2O/c1-10-7-13(15)9-14(8-10)16-11(2)12-3-5-17-6-4-12/h7-9,11-12,16H,3-6,15H2,1-2H3. The highest BCUT2D eigenvalue weighted by molar-refractivity contribution is 5.57. The van der Waals surface area contributed by atoms with Gasteiger partial charge in [-0.15, -0.1) is 0 Å². The van der Waals surface area contributed by atoms with Crippen molar-refractivity contribution in [1.82, 2.24) is 0 Å². The van der Waals surface area contributed by atoms with Gasteiger partial charge in [0.2, 0.25) is 0 Å². The fourth-order valence-electron chi connectivity index (χ4n) is 2.49. The molecule has 1 fully saturated rings. The van der Waals surface area contributed by atoms with E-state index in [1.54, 1.807) is 0 Å². The van der Waals surface area contributed by atoms with Crippen LogP contribution in [0.5, 0.6) is 0 Å². The molecule has 2 rings (SSSR count). The van der Waals surface area contributed by atoms with Crippen LogP contribution in [0.4, 0.5) is 11.4 Å². The van der Waals surface area contributed by atoms with Crippen LogP contribution in [-0.2, 0) is 4.74 Å². The predicted molar refractivity (Wildman–Crippen MR) is 72.2 cm³/mol. The Hall–Kier alpha value is -1.22. The van der Waals surface area contributed by atoms with Crippen LogP contribution in [-0.4, -0.2) is 19.3 Å². The van der Waals surface area contributed by atoms with E-state index in [1.807, 2.05) is 12.1 Å². The lowest BCUT2D eigenvalue weighted by Gasteiger charge is -2.29. The van der Waals surface area contributed by atoms with Gasteiger partial charge in [-0.25, -0.2) is 0 Å². The minimum atomic E-state index is 0.472. The molecule has 0 aliphatic carbocycles. The molecule has 1 aromatic rings. The van der Waals surface area contributed by atoms with Crippen molar-refractivity contribution in [2.75, 3.05) is 24.3 Å². The van der Waals surface area contributed by atoms with Crippen LogP contribution in [0.25, 0.3) is 0 Å². The second-order valence-electron chi connectivity index (χ2n) is 5.02. The molecule has 1 aliphatic rings. The third kappa shape index (κ3) is 3.37. The summed E-state index contributed by atoms with van der Waals surface area (Å²) in [4.78, 5) is 0. The van der Waals surface area contributed by atoms with Gasteiger partial charge in [0.25, 0.3) is 0 Å². The van der Waals surface area contributed by atoms with Gasteiger partial charge in [0.05, 0.1) is 0 Å². The van der Waals surface area contributed by atoms with Gasteiger partial charge in [0.15, 0.2) is 0 Å². The lowest BCUT2D eigenvalue weighted by atomic mass is 9.93. The Bertz CT molecular complexity index is 352. The molecule has 0 amide bonds. The zero-order chi connectivity index (χ0) is 12.3. The number of rotatable bonds is 3. The third-order valence-corrected chi connectivity index (χ3v) is 3.47. The van der Waals surface area contributed by atoms with E-state index in [0.717, 1.165) is 37.4 Å². The van der Waals surface area contributed by atoms with Crippen molar-refractivity contribution in [3.8, 4) is 0 Å². The molecule has 1 unspecified atom stereocenters. The first kappa shape index (κ1) is 12.2. The molecule has 3 heteroatoms. The highest BCUT2D eigenvalue weighted by atomic mass is 16.5. The third-order valence-electron chi connectivity index (χ3n) is 3.47. The second kappa shape index (κ2) is 5.41. The molecule has 0 spiro atoms. The monoisotopic (exact) mass is 234 g/mol. The Morgan fingerprint density at radius 1 is 1.29 bits per heavy atom. The van der Waals surface area contributed by atoms with Gasteiger partial charge in [-0.05, 0) is 56.4 Å². The number of nitrogen functional groups attached to an aromatic ring is 1. The van der Waals surface area contributed by atoms with Gasteiger partial charge >= 0.3 is 0 Å². The van der Waals surface area contributed by atoms with Crippen molar-refractivity contribution in [2.45, 2.75) is 32.7 Å². The van der Waals surface area contributed by atoms with Crippen molar-refractivity contribution in [2.24, 2.45) is 5.92 Å². The van der Waals surface area contributed by atoms with E-state index < -0.39 is 0 Å². The van der Waals surface area contributed by atoms with Crippen molar-refractivity contribution >= 4 is 11.4 Å². The fraction of sp³-hybridized carbons (Fsp3) is 0.571. The average Bonchev–Trinajstić information content (AvgIpc) is 2.28. The normalized spacial score (nSPS) is 18.9. The molecule has 94 valence electrons. The first-order valence-electron chi connectivity index (χ1n) is 6.36. The molecule has 1 aromatic carbocycles. The number of hydrogen-bond acceptors (Lipinski definition) is 3. The summed E-state index contributed by atoms with van der Waals surface area (Å²) in [5.41, 5.74) is 9.01.